The number of anilines is 1. The minimum Gasteiger partial charge on any atom is -0.465 e. The molecule has 0 aliphatic carbocycles. The highest BCUT2D eigenvalue weighted by Crippen LogP contribution is 2.22. The van der Waals surface area contributed by atoms with Gasteiger partial charge in [0.1, 0.15) is 0 Å². The Hall–Kier alpha value is -2.01. The fraction of sp³-hybridized carbons (Fsp3) is 0.167. The molecule has 0 bridgehead atoms. The lowest BCUT2D eigenvalue weighted by molar-refractivity contribution is 0.0602. The minimum atomic E-state index is -0.404. The average molecular weight is 266 g/mol. The number of nitrogens with zero attached hydrogens (tertiary/aromatic N) is 1. The molecule has 0 atom stereocenters. The van der Waals surface area contributed by atoms with E-state index in [0.29, 0.717) is 22.8 Å². The van der Waals surface area contributed by atoms with Gasteiger partial charge in [-0.3, -0.25) is 5.10 Å². The third-order valence-corrected chi connectivity index (χ3v) is 2.65. The van der Waals surface area contributed by atoms with E-state index < -0.39 is 5.97 Å². The van der Waals surface area contributed by atoms with Crippen molar-refractivity contribution in [3.8, 4) is 0 Å². The van der Waals surface area contributed by atoms with Gasteiger partial charge in [-0.15, -0.1) is 0 Å². The Morgan fingerprint density at radius 1 is 1.50 bits per heavy atom. The first-order valence-electron chi connectivity index (χ1n) is 5.30. The first-order valence-corrected chi connectivity index (χ1v) is 5.68. The van der Waals surface area contributed by atoms with Crippen LogP contribution in [0.5, 0.6) is 0 Å². The average Bonchev–Trinajstić information content (AvgIpc) is 2.88. The van der Waals surface area contributed by atoms with Crippen LogP contribution >= 0.6 is 11.6 Å². The van der Waals surface area contributed by atoms with E-state index in [1.54, 1.807) is 24.4 Å². The van der Waals surface area contributed by atoms with E-state index in [-0.39, 0.29) is 0 Å². The molecule has 0 aliphatic heterocycles. The van der Waals surface area contributed by atoms with Crippen molar-refractivity contribution in [3.63, 3.8) is 0 Å². The molecule has 2 N–H and O–H groups in total. The molecule has 0 saturated carbocycles. The zero-order chi connectivity index (χ0) is 13.0. The smallest absolute Gasteiger partial charge is 0.339 e. The third-order valence-electron chi connectivity index (χ3n) is 2.41. The molecule has 0 fully saturated rings. The zero-order valence-electron chi connectivity index (χ0n) is 9.74. The highest BCUT2D eigenvalue weighted by Gasteiger charge is 2.12. The van der Waals surface area contributed by atoms with E-state index in [4.69, 9.17) is 16.3 Å². The zero-order valence-corrected chi connectivity index (χ0v) is 10.5. The fourth-order valence-corrected chi connectivity index (χ4v) is 1.70. The van der Waals surface area contributed by atoms with Gasteiger partial charge in [0.15, 0.2) is 0 Å². The Labute approximate surface area is 109 Å². The summed E-state index contributed by atoms with van der Waals surface area (Å²) < 4.78 is 4.71. The lowest BCUT2D eigenvalue weighted by Crippen LogP contribution is -2.08. The Bertz CT molecular complexity index is 540. The standard InChI is InChI=1S/C12H12ClN3O2/c1-18-12(17)10-3-2-8(13)6-11(10)14-7-9-4-5-15-16-9/h2-6,14H,7H2,1H3,(H,15,16). The van der Waals surface area contributed by atoms with Crippen LogP contribution in [0.3, 0.4) is 0 Å². The van der Waals surface area contributed by atoms with Crippen molar-refractivity contribution in [1.29, 1.82) is 0 Å². The maximum Gasteiger partial charge on any atom is 0.339 e. The summed E-state index contributed by atoms with van der Waals surface area (Å²) in [5.74, 6) is -0.404. The monoisotopic (exact) mass is 265 g/mol. The summed E-state index contributed by atoms with van der Waals surface area (Å²) >= 11 is 5.91. The number of methoxy groups -OCH3 is 1. The molecule has 6 heteroatoms. The van der Waals surface area contributed by atoms with Gasteiger partial charge in [-0.1, -0.05) is 11.6 Å². The number of halogens is 1. The van der Waals surface area contributed by atoms with Crippen molar-refractivity contribution in [2.45, 2.75) is 6.54 Å². The molecule has 0 radical (unpaired) electrons. The molecule has 0 unspecified atom stereocenters. The molecule has 2 rings (SSSR count). The molecular formula is C12H12ClN3O2. The Kier molecular flexibility index (Phi) is 3.84. The van der Waals surface area contributed by atoms with Gasteiger partial charge in [0.25, 0.3) is 0 Å². The quantitative estimate of drug-likeness (QED) is 0.834. The molecule has 1 aromatic carbocycles. The topological polar surface area (TPSA) is 67.0 Å². The molecule has 94 valence electrons. The van der Waals surface area contributed by atoms with E-state index in [1.807, 2.05) is 6.07 Å². The number of ether oxygens (including phenoxy) is 1. The van der Waals surface area contributed by atoms with Crippen LogP contribution in [0.25, 0.3) is 0 Å². The van der Waals surface area contributed by atoms with Crippen molar-refractivity contribution < 1.29 is 9.53 Å². The van der Waals surface area contributed by atoms with E-state index in [2.05, 4.69) is 15.5 Å². The molecule has 0 aliphatic rings. The van der Waals surface area contributed by atoms with Crippen LogP contribution in [0, 0.1) is 0 Å². The first-order chi connectivity index (χ1) is 8.70. The van der Waals surface area contributed by atoms with E-state index in [9.17, 15) is 4.79 Å². The van der Waals surface area contributed by atoms with Crippen LogP contribution in [0.2, 0.25) is 5.02 Å². The lowest BCUT2D eigenvalue weighted by Gasteiger charge is -2.10. The van der Waals surface area contributed by atoms with Crippen molar-refractivity contribution in [3.05, 3.63) is 46.7 Å². The molecule has 1 heterocycles. The van der Waals surface area contributed by atoms with Crippen molar-refractivity contribution in [2.24, 2.45) is 0 Å². The summed E-state index contributed by atoms with van der Waals surface area (Å²) in [7, 11) is 1.34. The number of H-pyrrole nitrogens is 1. The highest BCUT2D eigenvalue weighted by atomic mass is 35.5. The molecule has 18 heavy (non-hydrogen) atoms. The maximum atomic E-state index is 11.6. The van der Waals surface area contributed by atoms with Gasteiger partial charge < -0.3 is 10.1 Å². The van der Waals surface area contributed by atoms with E-state index in [1.165, 1.54) is 7.11 Å². The number of rotatable bonds is 4. The van der Waals surface area contributed by atoms with Crippen molar-refractivity contribution in [2.75, 3.05) is 12.4 Å². The summed E-state index contributed by atoms with van der Waals surface area (Å²) in [4.78, 5) is 11.6. The Balaban J connectivity index is 2.19. The largest absolute Gasteiger partial charge is 0.465 e. The lowest BCUT2D eigenvalue weighted by atomic mass is 10.1. The second-order valence-corrected chi connectivity index (χ2v) is 4.05. The number of hydrogen-bond donors (Lipinski definition) is 2. The van der Waals surface area contributed by atoms with Crippen LogP contribution in [0.1, 0.15) is 16.1 Å². The molecule has 2 aromatic rings. The Morgan fingerprint density at radius 3 is 3.00 bits per heavy atom. The predicted molar refractivity (Wildman–Crippen MR) is 68.7 cm³/mol. The number of hydrogen-bond acceptors (Lipinski definition) is 4. The summed E-state index contributed by atoms with van der Waals surface area (Å²) in [6.45, 7) is 0.518. The number of carbonyl (C=O) groups excluding carboxylic acids is 1. The number of benzene rings is 1. The third kappa shape index (κ3) is 2.81. The van der Waals surface area contributed by atoms with E-state index >= 15 is 0 Å². The molecule has 5 nitrogen and oxygen atoms in total. The molecule has 1 aromatic heterocycles. The number of aromatic amines is 1. The summed E-state index contributed by atoms with van der Waals surface area (Å²) in [6, 6.07) is 6.80. The van der Waals surface area contributed by atoms with Crippen molar-refractivity contribution in [1.82, 2.24) is 10.2 Å². The van der Waals surface area contributed by atoms with Gasteiger partial charge in [-0.2, -0.15) is 5.10 Å². The maximum absolute atomic E-state index is 11.6. The number of nitrogens with one attached hydrogen (secondary N) is 2. The Morgan fingerprint density at radius 2 is 2.33 bits per heavy atom. The molecular weight excluding hydrogens is 254 g/mol. The van der Waals surface area contributed by atoms with Crippen LogP contribution in [-0.4, -0.2) is 23.3 Å². The number of carbonyl (C=O) groups is 1. The number of esters is 1. The van der Waals surface area contributed by atoms with Gasteiger partial charge >= 0.3 is 5.97 Å². The van der Waals surface area contributed by atoms with Crippen LogP contribution < -0.4 is 5.32 Å². The SMILES string of the molecule is COC(=O)c1ccc(Cl)cc1NCc1ccn[nH]1. The normalized spacial score (nSPS) is 10.1. The molecule has 0 saturated heterocycles. The summed E-state index contributed by atoms with van der Waals surface area (Å²) in [6.07, 6.45) is 1.66. The van der Waals surface area contributed by atoms with Gasteiger partial charge in [-0.05, 0) is 24.3 Å². The predicted octanol–water partition coefficient (Wildman–Crippen LogP) is 2.46. The van der Waals surface area contributed by atoms with Crippen molar-refractivity contribution >= 4 is 23.3 Å². The molecule has 0 spiro atoms. The molecule has 0 amide bonds. The number of aromatic nitrogens is 2. The van der Waals surface area contributed by atoms with Gasteiger partial charge in [0.2, 0.25) is 0 Å². The van der Waals surface area contributed by atoms with Gasteiger partial charge in [0.05, 0.1) is 30.6 Å². The second kappa shape index (κ2) is 5.55. The summed E-state index contributed by atoms with van der Waals surface area (Å²) in [5.41, 5.74) is 1.98. The van der Waals surface area contributed by atoms with Crippen LogP contribution in [0.4, 0.5) is 5.69 Å². The second-order valence-electron chi connectivity index (χ2n) is 3.62. The minimum absolute atomic E-state index is 0.404. The van der Waals surface area contributed by atoms with Crippen LogP contribution in [-0.2, 0) is 11.3 Å². The fourth-order valence-electron chi connectivity index (χ4n) is 1.52. The highest BCUT2D eigenvalue weighted by molar-refractivity contribution is 6.31. The van der Waals surface area contributed by atoms with Crippen LogP contribution in [0.15, 0.2) is 30.5 Å². The summed E-state index contributed by atoms with van der Waals surface area (Å²) in [5, 5.41) is 10.3. The van der Waals surface area contributed by atoms with E-state index in [0.717, 1.165) is 5.69 Å². The first kappa shape index (κ1) is 12.4. The van der Waals surface area contributed by atoms with Gasteiger partial charge in [-0.25, -0.2) is 4.79 Å². The van der Waals surface area contributed by atoms with Gasteiger partial charge in [0, 0.05) is 11.2 Å².